The fraction of sp³-hybridized carbons (Fsp3) is 0.619. The lowest BCUT2D eigenvalue weighted by Gasteiger charge is -2.43. The Morgan fingerprint density at radius 1 is 1.23 bits per heavy atom. The van der Waals surface area contributed by atoms with E-state index in [2.05, 4.69) is 6.07 Å². The monoisotopic (exact) mass is 468 g/mol. The molecule has 1 unspecified atom stereocenters. The molecule has 1 amide bonds. The first-order valence-electron chi connectivity index (χ1n) is 10.6. The molecule has 8 nitrogen and oxygen atoms in total. The van der Waals surface area contributed by atoms with Gasteiger partial charge in [0, 0.05) is 6.54 Å². The van der Waals surface area contributed by atoms with E-state index in [1.165, 1.54) is 4.90 Å². The van der Waals surface area contributed by atoms with Gasteiger partial charge in [0.2, 0.25) is 0 Å². The highest BCUT2D eigenvalue weighted by Crippen LogP contribution is 2.64. The third-order valence-corrected chi connectivity index (χ3v) is 8.38. The molecule has 2 atom stereocenters. The number of carbonyl (C=O) groups is 1. The maximum absolute atomic E-state index is 13.9. The van der Waals surface area contributed by atoms with E-state index in [1.54, 1.807) is 13.8 Å². The van der Waals surface area contributed by atoms with Crippen LogP contribution in [0.4, 0.5) is 4.79 Å². The highest BCUT2D eigenvalue weighted by atomic mass is 31.2. The highest BCUT2D eigenvalue weighted by Gasteiger charge is 2.63. The van der Waals surface area contributed by atoms with E-state index >= 15 is 0 Å². The van der Waals surface area contributed by atoms with E-state index in [0.717, 1.165) is 5.56 Å². The Labute approximate surface area is 186 Å². The molecule has 0 aromatic heterocycles. The summed E-state index contributed by atoms with van der Waals surface area (Å²) in [7, 11) is -6.48. The second-order valence-corrected chi connectivity index (χ2v) is 14.9. The number of carbonyl (C=O) groups excluding carboxylic acids is 1. The molecule has 1 aromatic rings. The zero-order chi connectivity index (χ0) is 23.1. The number of likely N-dealkylation sites (tertiary alicyclic amines) is 1. The fourth-order valence-electron chi connectivity index (χ4n) is 3.70. The molecule has 1 aromatic carbocycles. The molecule has 1 heterocycles. The quantitative estimate of drug-likeness (QED) is 0.347. The summed E-state index contributed by atoms with van der Waals surface area (Å²) in [6.45, 7) is 9.70. The highest BCUT2D eigenvalue weighted by molar-refractivity contribution is 7.56. The summed E-state index contributed by atoms with van der Waals surface area (Å²) < 4.78 is 36.9. The average molecular weight is 469 g/mol. The minimum atomic E-state index is -4.06. The molecule has 0 radical (unpaired) electrons. The lowest BCUT2D eigenvalue weighted by atomic mass is 10.1. The number of ether oxygens (including phenoxy) is 1. The Bertz CT molecular complexity index is 815. The minimum absolute atomic E-state index is 0.0843. The van der Waals surface area contributed by atoms with Crippen LogP contribution >= 0.6 is 7.60 Å². The molecule has 0 aliphatic carbocycles. The van der Waals surface area contributed by atoms with Gasteiger partial charge in [0.05, 0.1) is 19.3 Å². The predicted octanol–water partition coefficient (Wildman–Crippen LogP) is 5.13. The van der Waals surface area contributed by atoms with Gasteiger partial charge in [-0.1, -0.05) is 30.3 Å². The van der Waals surface area contributed by atoms with Crippen LogP contribution in [-0.2, 0) is 29.4 Å². The standard InChI is InChI=1S/C21H33N2O6PSi/c1-6-27-30(25,28-7-2)21(17-22,29-31(3,4)5)19-14-11-15-23(19)20(24)26-16-18-12-9-8-10-13-18/h8-10,12-13,19H,6-7,11,14-16H2,1-5H3/t19-,21?/m0/s1. The van der Waals surface area contributed by atoms with Crippen LogP contribution in [0.3, 0.4) is 0 Å². The van der Waals surface area contributed by atoms with Gasteiger partial charge < -0.3 is 23.1 Å². The minimum Gasteiger partial charge on any atom is -0.445 e. The number of hydrogen-bond acceptors (Lipinski definition) is 7. The Balaban J connectivity index is 2.40. The fourth-order valence-corrected chi connectivity index (χ4v) is 7.97. The summed E-state index contributed by atoms with van der Waals surface area (Å²) in [5.74, 6) is 0. The molecule has 0 saturated carbocycles. The zero-order valence-electron chi connectivity index (χ0n) is 19.0. The van der Waals surface area contributed by atoms with Crippen LogP contribution in [0.5, 0.6) is 0 Å². The first-order chi connectivity index (χ1) is 14.6. The second-order valence-electron chi connectivity index (χ2n) is 8.25. The van der Waals surface area contributed by atoms with Crippen molar-refractivity contribution in [1.29, 1.82) is 5.26 Å². The van der Waals surface area contributed by atoms with Gasteiger partial charge in [0.15, 0.2) is 8.32 Å². The average Bonchev–Trinajstić information content (AvgIpc) is 3.21. The van der Waals surface area contributed by atoms with Gasteiger partial charge in [-0.15, -0.1) is 0 Å². The van der Waals surface area contributed by atoms with Crippen molar-refractivity contribution in [2.24, 2.45) is 0 Å². The zero-order valence-corrected chi connectivity index (χ0v) is 20.9. The maximum Gasteiger partial charge on any atom is 0.410 e. The van der Waals surface area contributed by atoms with Gasteiger partial charge in [0.25, 0.3) is 5.34 Å². The van der Waals surface area contributed by atoms with E-state index in [4.69, 9.17) is 18.2 Å². The van der Waals surface area contributed by atoms with Gasteiger partial charge in [0.1, 0.15) is 12.7 Å². The van der Waals surface area contributed by atoms with Gasteiger partial charge >= 0.3 is 13.7 Å². The maximum atomic E-state index is 13.9. The molecule has 0 N–H and O–H groups in total. The molecule has 2 rings (SSSR count). The van der Waals surface area contributed by atoms with Crippen molar-refractivity contribution in [2.45, 2.75) is 64.3 Å². The van der Waals surface area contributed by atoms with E-state index in [0.29, 0.717) is 19.4 Å². The summed E-state index contributed by atoms with van der Waals surface area (Å²) in [5, 5.41) is 8.41. The van der Waals surface area contributed by atoms with Gasteiger partial charge in [-0.2, -0.15) is 5.26 Å². The van der Waals surface area contributed by atoms with E-state index < -0.39 is 33.4 Å². The first kappa shape index (κ1) is 25.6. The summed E-state index contributed by atoms with van der Waals surface area (Å²) in [4.78, 5) is 14.4. The molecule has 1 aliphatic heterocycles. The number of nitrogens with zero attached hydrogens (tertiary/aromatic N) is 2. The topological polar surface area (TPSA) is 98.1 Å². The molecule has 10 heteroatoms. The van der Waals surface area contributed by atoms with Crippen molar-refractivity contribution in [3.63, 3.8) is 0 Å². The number of amides is 1. The molecular formula is C21H33N2O6PSi. The van der Waals surface area contributed by atoms with Gasteiger partial charge in [-0.05, 0) is 51.9 Å². The molecule has 1 aliphatic rings. The molecule has 172 valence electrons. The van der Waals surface area contributed by atoms with Crippen LogP contribution in [0.2, 0.25) is 19.6 Å². The van der Waals surface area contributed by atoms with Crippen LogP contribution in [-0.4, -0.2) is 50.5 Å². The molecular weight excluding hydrogens is 435 g/mol. The Hall–Kier alpha value is -1.69. The molecule has 31 heavy (non-hydrogen) atoms. The van der Waals surface area contributed by atoms with Crippen molar-refractivity contribution in [2.75, 3.05) is 19.8 Å². The van der Waals surface area contributed by atoms with Crippen LogP contribution in [0.1, 0.15) is 32.3 Å². The van der Waals surface area contributed by atoms with Crippen LogP contribution in [0.15, 0.2) is 30.3 Å². The third-order valence-electron chi connectivity index (χ3n) is 4.77. The largest absolute Gasteiger partial charge is 0.445 e. The van der Waals surface area contributed by atoms with Crippen molar-refractivity contribution < 1.29 is 27.6 Å². The smallest absolute Gasteiger partial charge is 0.410 e. The molecule has 0 bridgehead atoms. The van der Waals surface area contributed by atoms with Crippen LogP contribution in [0.25, 0.3) is 0 Å². The first-order valence-corrected chi connectivity index (χ1v) is 15.6. The molecule has 1 saturated heterocycles. The predicted molar refractivity (Wildman–Crippen MR) is 120 cm³/mol. The van der Waals surface area contributed by atoms with E-state index in [9.17, 15) is 14.6 Å². The summed E-state index contributed by atoms with van der Waals surface area (Å²) >= 11 is 0. The normalized spacial score (nSPS) is 19.0. The van der Waals surface area contributed by atoms with Crippen molar-refractivity contribution in [3.05, 3.63) is 35.9 Å². The van der Waals surface area contributed by atoms with Crippen molar-refractivity contribution >= 4 is 22.0 Å². The van der Waals surface area contributed by atoms with Crippen LogP contribution in [0, 0.1) is 11.3 Å². The summed E-state index contributed by atoms with van der Waals surface area (Å²) in [5.41, 5.74) is 0.853. The van der Waals surface area contributed by atoms with Crippen molar-refractivity contribution in [1.82, 2.24) is 4.90 Å². The van der Waals surface area contributed by atoms with Crippen LogP contribution < -0.4 is 0 Å². The lowest BCUT2D eigenvalue weighted by molar-refractivity contribution is 0.0383. The van der Waals surface area contributed by atoms with E-state index in [1.807, 2.05) is 50.0 Å². The number of benzene rings is 1. The number of hydrogen-bond donors (Lipinski definition) is 0. The SMILES string of the molecule is CCOP(=O)(OCC)C(C#N)(O[Si](C)(C)C)[C@@H]1CCCN1C(=O)OCc1ccccc1. The molecule has 0 spiro atoms. The summed E-state index contributed by atoms with van der Waals surface area (Å²) in [6.07, 6.45) is 0.481. The Kier molecular flexibility index (Phi) is 8.87. The van der Waals surface area contributed by atoms with Gasteiger partial charge in [-0.25, -0.2) is 4.79 Å². The van der Waals surface area contributed by atoms with E-state index in [-0.39, 0.29) is 19.8 Å². The summed E-state index contributed by atoms with van der Waals surface area (Å²) in [6, 6.07) is 10.7. The Morgan fingerprint density at radius 2 is 1.84 bits per heavy atom. The van der Waals surface area contributed by atoms with Crippen molar-refractivity contribution in [3.8, 4) is 6.07 Å². The lowest BCUT2D eigenvalue weighted by Crippen LogP contribution is -2.56. The number of nitriles is 1. The Morgan fingerprint density at radius 3 is 2.35 bits per heavy atom. The number of rotatable bonds is 10. The second kappa shape index (κ2) is 10.8. The van der Waals surface area contributed by atoms with Gasteiger partial charge in [-0.3, -0.25) is 4.57 Å². The molecule has 1 fully saturated rings. The third kappa shape index (κ3) is 5.97.